The molecule has 0 saturated heterocycles. The summed E-state index contributed by atoms with van der Waals surface area (Å²) in [5.74, 6) is 0.327. The summed E-state index contributed by atoms with van der Waals surface area (Å²) in [6.07, 6.45) is 6.40. The first-order valence-corrected chi connectivity index (χ1v) is 8.01. The highest BCUT2D eigenvalue weighted by atomic mass is 35.5. The maximum atomic E-state index is 12.1. The number of rotatable bonds is 5. The molecular formula is C15H24ClN3O2. The lowest BCUT2D eigenvalue weighted by Crippen LogP contribution is -2.39. The average Bonchev–Trinajstić information content (AvgIpc) is 2.43. The lowest BCUT2D eigenvalue weighted by atomic mass is 9.85. The minimum absolute atomic E-state index is 0.144. The molecule has 1 aliphatic carbocycles. The minimum Gasteiger partial charge on any atom is -0.388 e. The van der Waals surface area contributed by atoms with Crippen LogP contribution in [-0.4, -0.2) is 27.0 Å². The Labute approximate surface area is 130 Å². The van der Waals surface area contributed by atoms with Crippen LogP contribution in [0.15, 0.2) is 11.0 Å². The van der Waals surface area contributed by atoms with E-state index in [9.17, 15) is 9.90 Å². The highest BCUT2D eigenvalue weighted by molar-refractivity contribution is 6.32. The van der Waals surface area contributed by atoms with E-state index < -0.39 is 5.60 Å². The highest BCUT2D eigenvalue weighted by Crippen LogP contribution is 2.28. The molecule has 21 heavy (non-hydrogen) atoms. The largest absolute Gasteiger partial charge is 0.388 e. The predicted molar refractivity (Wildman–Crippen MR) is 84.9 cm³/mol. The molecule has 5 nitrogen and oxygen atoms in total. The molecule has 2 N–H and O–H groups in total. The van der Waals surface area contributed by atoms with Gasteiger partial charge in [0.2, 0.25) is 0 Å². The Balaban J connectivity index is 2.07. The van der Waals surface area contributed by atoms with Crippen LogP contribution in [0.2, 0.25) is 5.02 Å². The second-order valence-electron chi connectivity index (χ2n) is 6.39. The first kappa shape index (κ1) is 16.3. The van der Waals surface area contributed by atoms with E-state index in [1.165, 1.54) is 11.1 Å². The molecule has 0 spiro atoms. The summed E-state index contributed by atoms with van der Waals surface area (Å²) >= 11 is 6.13. The van der Waals surface area contributed by atoms with Crippen LogP contribution in [0.4, 0.5) is 5.69 Å². The lowest BCUT2D eigenvalue weighted by Gasteiger charge is -2.32. The molecule has 0 atom stereocenters. The predicted octanol–water partition coefficient (Wildman–Crippen LogP) is 2.66. The Bertz CT molecular complexity index is 536. The van der Waals surface area contributed by atoms with Crippen LogP contribution in [0.25, 0.3) is 0 Å². The van der Waals surface area contributed by atoms with Crippen LogP contribution < -0.4 is 10.9 Å². The normalized spacial score (nSPS) is 18.0. The van der Waals surface area contributed by atoms with Crippen molar-refractivity contribution in [2.75, 3.05) is 11.9 Å². The maximum Gasteiger partial charge on any atom is 0.287 e. The number of aliphatic hydroxyl groups is 1. The smallest absolute Gasteiger partial charge is 0.287 e. The zero-order chi connectivity index (χ0) is 15.5. The van der Waals surface area contributed by atoms with Crippen LogP contribution in [0, 0.1) is 5.92 Å². The molecule has 1 saturated carbocycles. The van der Waals surface area contributed by atoms with E-state index >= 15 is 0 Å². The summed E-state index contributed by atoms with van der Waals surface area (Å²) in [7, 11) is 0. The molecule has 1 fully saturated rings. The molecule has 0 aliphatic heterocycles. The summed E-state index contributed by atoms with van der Waals surface area (Å²) < 4.78 is 1.38. The van der Waals surface area contributed by atoms with Gasteiger partial charge < -0.3 is 10.4 Å². The highest BCUT2D eigenvalue weighted by Gasteiger charge is 2.29. The van der Waals surface area contributed by atoms with Gasteiger partial charge in [0.05, 0.1) is 17.5 Å². The Kier molecular flexibility index (Phi) is 5.27. The van der Waals surface area contributed by atoms with Gasteiger partial charge in [-0.15, -0.1) is 0 Å². The van der Waals surface area contributed by atoms with Crippen molar-refractivity contribution in [2.24, 2.45) is 5.92 Å². The molecule has 118 valence electrons. The Morgan fingerprint density at radius 2 is 2.10 bits per heavy atom. The quantitative estimate of drug-likeness (QED) is 0.877. The minimum atomic E-state index is -0.700. The van der Waals surface area contributed by atoms with Crippen LogP contribution in [-0.2, 0) is 6.54 Å². The van der Waals surface area contributed by atoms with Gasteiger partial charge in [0.15, 0.2) is 0 Å². The van der Waals surface area contributed by atoms with Gasteiger partial charge in [-0.25, -0.2) is 4.68 Å². The van der Waals surface area contributed by atoms with Gasteiger partial charge >= 0.3 is 0 Å². The second-order valence-corrected chi connectivity index (χ2v) is 6.77. The van der Waals surface area contributed by atoms with Crippen molar-refractivity contribution in [3.05, 3.63) is 21.6 Å². The Hall–Kier alpha value is -1.07. The summed E-state index contributed by atoms with van der Waals surface area (Å²) in [6.45, 7) is 4.99. The lowest BCUT2D eigenvalue weighted by molar-refractivity contribution is 0.0167. The standard InChI is InChI=1S/C15H24ClN3O2/c1-11(2)9-19-14(20)13(16)12(8-18-19)17-10-15(21)6-4-3-5-7-15/h8,11,17,21H,3-7,9-10H2,1-2H3. The van der Waals surface area contributed by atoms with E-state index in [-0.39, 0.29) is 10.6 Å². The van der Waals surface area contributed by atoms with Gasteiger partial charge in [0, 0.05) is 13.1 Å². The van der Waals surface area contributed by atoms with Crippen LogP contribution >= 0.6 is 11.6 Å². The van der Waals surface area contributed by atoms with Crippen LogP contribution in [0.5, 0.6) is 0 Å². The fourth-order valence-corrected chi connectivity index (χ4v) is 2.92. The van der Waals surface area contributed by atoms with E-state index in [0.29, 0.717) is 24.7 Å². The van der Waals surface area contributed by atoms with E-state index in [0.717, 1.165) is 25.7 Å². The zero-order valence-corrected chi connectivity index (χ0v) is 13.5. The number of nitrogens with one attached hydrogen (secondary N) is 1. The summed E-state index contributed by atoms with van der Waals surface area (Å²) in [5, 5.41) is 17.8. The number of anilines is 1. The van der Waals surface area contributed by atoms with Gasteiger partial charge in [0.25, 0.3) is 5.56 Å². The van der Waals surface area contributed by atoms with E-state index in [4.69, 9.17) is 11.6 Å². The zero-order valence-electron chi connectivity index (χ0n) is 12.7. The summed E-state index contributed by atoms with van der Waals surface area (Å²) in [4.78, 5) is 12.1. The molecule has 6 heteroatoms. The maximum absolute atomic E-state index is 12.1. The monoisotopic (exact) mass is 313 g/mol. The van der Waals surface area contributed by atoms with Crippen molar-refractivity contribution in [1.82, 2.24) is 9.78 Å². The summed E-state index contributed by atoms with van der Waals surface area (Å²) in [5.41, 5.74) is -0.486. The number of aromatic nitrogens is 2. The van der Waals surface area contributed by atoms with Crippen molar-refractivity contribution < 1.29 is 5.11 Å². The molecule has 0 radical (unpaired) electrons. The molecule has 1 heterocycles. The van der Waals surface area contributed by atoms with Crippen molar-refractivity contribution in [3.63, 3.8) is 0 Å². The molecule has 1 aromatic heterocycles. The van der Waals surface area contributed by atoms with Gasteiger partial charge in [-0.1, -0.05) is 44.7 Å². The van der Waals surface area contributed by atoms with Gasteiger partial charge in [0.1, 0.15) is 5.02 Å². The molecule has 0 unspecified atom stereocenters. The van der Waals surface area contributed by atoms with E-state index in [1.54, 1.807) is 6.20 Å². The fourth-order valence-electron chi connectivity index (χ4n) is 2.71. The Morgan fingerprint density at radius 1 is 1.43 bits per heavy atom. The van der Waals surface area contributed by atoms with Crippen molar-refractivity contribution in [3.8, 4) is 0 Å². The molecule has 1 aliphatic rings. The third kappa shape index (κ3) is 4.20. The topological polar surface area (TPSA) is 67.2 Å². The first-order valence-electron chi connectivity index (χ1n) is 7.63. The number of hydrogen-bond donors (Lipinski definition) is 2. The van der Waals surface area contributed by atoms with Crippen molar-refractivity contribution in [2.45, 2.75) is 58.1 Å². The van der Waals surface area contributed by atoms with Crippen LogP contribution in [0.3, 0.4) is 0 Å². The number of hydrogen-bond acceptors (Lipinski definition) is 4. The van der Waals surface area contributed by atoms with Gasteiger partial charge in [-0.3, -0.25) is 4.79 Å². The Morgan fingerprint density at radius 3 is 2.71 bits per heavy atom. The third-order valence-electron chi connectivity index (χ3n) is 3.92. The molecule has 0 amide bonds. The fraction of sp³-hybridized carbons (Fsp3) is 0.733. The van der Waals surface area contributed by atoms with E-state index in [2.05, 4.69) is 10.4 Å². The molecule has 0 bridgehead atoms. The SMILES string of the molecule is CC(C)Cn1ncc(NCC2(O)CCCCC2)c(Cl)c1=O. The molecule has 1 aromatic rings. The number of nitrogens with zero attached hydrogens (tertiary/aromatic N) is 2. The van der Waals surface area contributed by atoms with Gasteiger partial charge in [-0.2, -0.15) is 5.10 Å². The number of halogens is 1. The van der Waals surface area contributed by atoms with Crippen molar-refractivity contribution >= 4 is 17.3 Å². The molecule has 0 aromatic carbocycles. The second kappa shape index (κ2) is 6.79. The third-order valence-corrected chi connectivity index (χ3v) is 4.28. The molecule has 2 rings (SSSR count). The van der Waals surface area contributed by atoms with E-state index in [1.807, 2.05) is 13.8 Å². The van der Waals surface area contributed by atoms with Crippen LogP contribution in [0.1, 0.15) is 46.0 Å². The first-order chi connectivity index (χ1) is 9.91. The van der Waals surface area contributed by atoms with Crippen molar-refractivity contribution in [1.29, 1.82) is 0 Å². The average molecular weight is 314 g/mol. The van der Waals surface area contributed by atoms with Gasteiger partial charge in [-0.05, 0) is 18.8 Å². The molecular weight excluding hydrogens is 290 g/mol. The summed E-state index contributed by atoms with van der Waals surface area (Å²) in [6, 6.07) is 0.